The Morgan fingerprint density at radius 1 is 1.23 bits per heavy atom. The molecule has 1 aliphatic heterocycles. The number of sulfonamides is 1. The minimum atomic E-state index is -3.20. The molecule has 1 fully saturated rings. The molecule has 3 rings (SSSR count). The maximum atomic E-state index is 12.5. The molecule has 0 unspecified atom stereocenters. The van der Waals surface area contributed by atoms with E-state index in [1.54, 1.807) is 20.3 Å². The third kappa shape index (κ3) is 3.92. The molecule has 8 nitrogen and oxygen atoms in total. The van der Waals surface area contributed by atoms with Gasteiger partial charge in [0.2, 0.25) is 15.9 Å². The van der Waals surface area contributed by atoms with Crippen LogP contribution >= 0.6 is 11.3 Å². The summed E-state index contributed by atoms with van der Waals surface area (Å²) in [6, 6.07) is 3.59. The molecule has 1 N–H and O–H groups in total. The summed E-state index contributed by atoms with van der Waals surface area (Å²) in [5.74, 6) is 0.839. The fourth-order valence-corrected chi connectivity index (χ4v) is 4.72. The highest BCUT2D eigenvalue weighted by molar-refractivity contribution is 7.88. The number of ether oxygens (including phenoxy) is 2. The van der Waals surface area contributed by atoms with Gasteiger partial charge in [0.05, 0.1) is 30.7 Å². The van der Waals surface area contributed by atoms with E-state index in [0.29, 0.717) is 42.6 Å². The van der Waals surface area contributed by atoms with E-state index in [1.807, 2.05) is 6.07 Å². The van der Waals surface area contributed by atoms with Crippen molar-refractivity contribution in [2.45, 2.75) is 12.8 Å². The van der Waals surface area contributed by atoms with Gasteiger partial charge in [0.1, 0.15) is 0 Å². The normalized spacial score (nSPS) is 16.6. The zero-order chi connectivity index (χ0) is 18.9. The number of amides is 1. The van der Waals surface area contributed by atoms with Crippen molar-refractivity contribution < 1.29 is 22.7 Å². The van der Waals surface area contributed by atoms with Crippen molar-refractivity contribution in [1.82, 2.24) is 9.29 Å². The summed E-state index contributed by atoms with van der Waals surface area (Å²) in [7, 11) is -0.0740. The molecule has 142 valence electrons. The Bertz CT molecular complexity index is 876. The molecule has 26 heavy (non-hydrogen) atoms. The molecule has 0 spiro atoms. The summed E-state index contributed by atoms with van der Waals surface area (Å²) >= 11 is 1.36. The van der Waals surface area contributed by atoms with Gasteiger partial charge in [0.25, 0.3) is 0 Å². The molecule has 0 radical (unpaired) electrons. The molecule has 1 aliphatic rings. The number of thiazole rings is 1. The van der Waals surface area contributed by atoms with Crippen molar-refractivity contribution >= 4 is 42.6 Å². The van der Waals surface area contributed by atoms with Crippen LogP contribution in [0, 0.1) is 5.92 Å². The molecule has 0 aliphatic carbocycles. The van der Waals surface area contributed by atoms with Gasteiger partial charge >= 0.3 is 0 Å². The highest BCUT2D eigenvalue weighted by atomic mass is 32.2. The summed E-state index contributed by atoms with van der Waals surface area (Å²) in [4.78, 5) is 16.9. The second-order valence-electron chi connectivity index (χ2n) is 6.12. The zero-order valence-electron chi connectivity index (χ0n) is 14.8. The van der Waals surface area contributed by atoms with Gasteiger partial charge in [-0.1, -0.05) is 11.3 Å². The molecule has 0 atom stereocenters. The first-order valence-corrected chi connectivity index (χ1v) is 10.8. The largest absolute Gasteiger partial charge is 0.493 e. The SMILES string of the molecule is COc1cc2nc(NC(=O)C3CCN(S(C)(=O)=O)CC3)sc2cc1OC. The molecular weight excluding hydrogens is 378 g/mol. The standard InChI is InChI=1S/C16H21N3O5S2/c1-23-12-8-11-14(9-13(12)24-2)25-16(17-11)18-15(20)10-4-6-19(7-5-10)26(3,21)22/h8-10H,4-7H2,1-3H3,(H,17,18,20). The summed E-state index contributed by atoms with van der Waals surface area (Å²) in [6.07, 6.45) is 2.20. The molecule has 2 aromatic rings. The van der Waals surface area contributed by atoms with Crippen molar-refractivity contribution in [3.05, 3.63) is 12.1 Å². The molecule has 1 saturated heterocycles. The number of nitrogens with one attached hydrogen (secondary N) is 1. The second kappa shape index (κ2) is 7.37. The number of hydrogen-bond donors (Lipinski definition) is 1. The number of carbonyl (C=O) groups excluding carboxylic acids is 1. The number of nitrogens with zero attached hydrogens (tertiary/aromatic N) is 2. The molecule has 1 amide bonds. The van der Waals surface area contributed by atoms with E-state index < -0.39 is 10.0 Å². The minimum absolute atomic E-state index is 0.129. The van der Waals surface area contributed by atoms with Crippen molar-refractivity contribution in [3.63, 3.8) is 0 Å². The van der Waals surface area contributed by atoms with Crippen LogP contribution in [-0.2, 0) is 14.8 Å². The first-order chi connectivity index (χ1) is 12.3. The number of piperidine rings is 1. The van der Waals surface area contributed by atoms with Gasteiger partial charge in [-0.3, -0.25) is 4.79 Å². The summed E-state index contributed by atoms with van der Waals surface area (Å²) in [6.45, 7) is 0.732. The third-order valence-corrected chi connectivity index (χ3v) is 6.65. The van der Waals surface area contributed by atoms with Crippen LogP contribution in [0.15, 0.2) is 12.1 Å². The average Bonchev–Trinajstić information content (AvgIpc) is 3.00. The van der Waals surface area contributed by atoms with Crippen molar-refractivity contribution in [3.8, 4) is 11.5 Å². The number of benzene rings is 1. The van der Waals surface area contributed by atoms with Crippen molar-refractivity contribution in [2.24, 2.45) is 5.92 Å². The monoisotopic (exact) mass is 399 g/mol. The predicted octanol–water partition coefficient (Wildman–Crippen LogP) is 1.92. The van der Waals surface area contributed by atoms with Gasteiger partial charge < -0.3 is 14.8 Å². The summed E-state index contributed by atoms with van der Waals surface area (Å²) in [5.41, 5.74) is 0.717. The molecule has 1 aromatic carbocycles. The van der Waals surface area contributed by atoms with Gasteiger partial charge in [-0.25, -0.2) is 17.7 Å². The van der Waals surface area contributed by atoms with Gasteiger partial charge in [-0.2, -0.15) is 0 Å². The lowest BCUT2D eigenvalue weighted by Crippen LogP contribution is -2.40. The summed E-state index contributed by atoms with van der Waals surface area (Å²) < 4.78 is 35.9. The molecular formula is C16H21N3O5S2. The number of rotatable bonds is 5. The number of anilines is 1. The van der Waals surface area contributed by atoms with E-state index >= 15 is 0 Å². The number of aromatic nitrogens is 1. The van der Waals surface area contributed by atoms with E-state index in [1.165, 1.54) is 21.9 Å². The Morgan fingerprint density at radius 3 is 2.42 bits per heavy atom. The molecule has 0 bridgehead atoms. The Balaban J connectivity index is 1.70. The van der Waals surface area contributed by atoms with E-state index in [9.17, 15) is 13.2 Å². The van der Waals surface area contributed by atoms with Gasteiger partial charge in [-0.05, 0) is 12.8 Å². The Kier molecular flexibility index (Phi) is 5.35. The third-order valence-electron chi connectivity index (χ3n) is 4.42. The molecule has 10 heteroatoms. The maximum Gasteiger partial charge on any atom is 0.229 e. The van der Waals surface area contributed by atoms with E-state index in [4.69, 9.17) is 9.47 Å². The van der Waals surface area contributed by atoms with Crippen LogP contribution in [0.5, 0.6) is 11.5 Å². The van der Waals surface area contributed by atoms with Gasteiger partial charge in [0, 0.05) is 31.1 Å². The Labute approximate surface area is 156 Å². The fraction of sp³-hybridized carbons (Fsp3) is 0.500. The number of carbonyl (C=O) groups is 1. The minimum Gasteiger partial charge on any atom is -0.493 e. The maximum absolute atomic E-state index is 12.5. The van der Waals surface area contributed by atoms with E-state index in [2.05, 4.69) is 10.3 Å². The lowest BCUT2D eigenvalue weighted by molar-refractivity contribution is -0.120. The van der Waals surface area contributed by atoms with Gasteiger partial charge in [-0.15, -0.1) is 0 Å². The van der Waals surface area contributed by atoms with E-state index in [-0.39, 0.29) is 11.8 Å². The van der Waals surface area contributed by atoms with E-state index in [0.717, 1.165) is 10.2 Å². The average molecular weight is 399 g/mol. The van der Waals surface area contributed by atoms with Gasteiger partial charge in [0.15, 0.2) is 16.6 Å². The predicted molar refractivity (Wildman–Crippen MR) is 100 cm³/mol. The highest BCUT2D eigenvalue weighted by Crippen LogP contribution is 2.36. The first-order valence-electron chi connectivity index (χ1n) is 8.10. The van der Waals surface area contributed by atoms with Crippen LogP contribution in [0.25, 0.3) is 10.2 Å². The van der Waals surface area contributed by atoms with Crippen molar-refractivity contribution in [2.75, 3.05) is 38.9 Å². The Hall–Kier alpha value is -1.91. The van der Waals surface area contributed by atoms with Crippen LogP contribution in [0.4, 0.5) is 5.13 Å². The van der Waals surface area contributed by atoms with Crippen LogP contribution in [-0.4, -0.2) is 57.2 Å². The number of methoxy groups -OCH3 is 2. The second-order valence-corrected chi connectivity index (χ2v) is 9.13. The van der Waals surface area contributed by atoms with Crippen LogP contribution in [0.3, 0.4) is 0 Å². The quantitative estimate of drug-likeness (QED) is 0.825. The zero-order valence-corrected chi connectivity index (χ0v) is 16.4. The Morgan fingerprint density at radius 2 is 1.85 bits per heavy atom. The summed E-state index contributed by atoms with van der Waals surface area (Å²) in [5, 5.41) is 3.35. The lowest BCUT2D eigenvalue weighted by atomic mass is 9.97. The number of hydrogen-bond acceptors (Lipinski definition) is 7. The number of fused-ring (bicyclic) bond motifs is 1. The first kappa shape index (κ1) is 18.9. The highest BCUT2D eigenvalue weighted by Gasteiger charge is 2.29. The van der Waals surface area contributed by atoms with Crippen LogP contribution < -0.4 is 14.8 Å². The fourth-order valence-electron chi connectivity index (χ4n) is 2.97. The van der Waals surface area contributed by atoms with Crippen molar-refractivity contribution in [1.29, 1.82) is 0 Å². The smallest absolute Gasteiger partial charge is 0.229 e. The lowest BCUT2D eigenvalue weighted by Gasteiger charge is -2.29. The topological polar surface area (TPSA) is 97.8 Å². The molecule has 2 heterocycles. The van der Waals surface area contributed by atoms with Crippen LogP contribution in [0.1, 0.15) is 12.8 Å². The molecule has 0 saturated carbocycles. The molecule has 1 aromatic heterocycles. The van der Waals surface area contributed by atoms with Crippen LogP contribution in [0.2, 0.25) is 0 Å².